The van der Waals surface area contributed by atoms with E-state index < -0.39 is 37.2 Å². The number of esters is 2. The molecule has 154 valence electrons. The van der Waals surface area contributed by atoms with Crippen LogP contribution in [0.25, 0.3) is 0 Å². The van der Waals surface area contributed by atoms with Crippen molar-refractivity contribution in [1.82, 2.24) is 5.32 Å². The fourth-order valence-electron chi connectivity index (χ4n) is 2.59. The highest BCUT2D eigenvalue weighted by Crippen LogP contribution is 2.30. The van der Waals surface area contributed by atoms with Gasteiger partial charge in [0, 0.05) is 12.8 Å². The van der Waals surface area contributed by atoms with E-state index >= 15 is 0 Å². The van der Waals surface area contributed by atoms with E-state index in [1.165, 1.54) is 6.07 Å². The van der Waals surface area contributed by atoms with Crippen LogP contribution in [0.3, 0.4) is 0 Å². The van der Waals surface area contributed by atoms with Gasteiger partial charge in [-0.25, -0.2) is 4.79 Å². The molecule has 2 rings (SSSR count). The molecular weight excluding hydrogens is 379 g/mol. The fraction of sp³-hybridized carbons (Fsp3) is 0.474. The van der Waals surface area contributed by atoms with Crippen LogP contribution in [0.5, 0.6) is 5.75 Å². The summed E-state index contributed by atoms with van der Waals surface area (Å²) in [6, 6.07) is 6.66. The Bertz CT molecular complexity index is 829. The van der Waals surface area contributed by atoms with E-state index in [4.69, 9.17) is 19.4 Å². The Labute approximate surface area is 169 Å². The third-order valence-electron chi connectivity index (χ3n) is 4.14. The Morgan fingerprint density at radius 3 is 2.72 bits per heavy atom. The topological polar surface area (TPSA) is 135 Å². The molecule has 1 aromatic rings. The summed E-state index contributed by atoms with van der Waals surface area (Å²) in [4.78, 5) is 35.9. The van der Waals surface area contributed by atoms with Crippen LogP contribution in [0.1, 0.15) is 49.5 Å². The first-order valence-electron chi connectivity index (χ1n) is 9.10. The zero-order valence-corrected chi connectivity index (χ0v) is 16.6. The Kier molecular flexibility index (Phi) is 7.23. The molecule has 2 N–H and O–H groups in total. The number of nitriles is 1. The van der Waals surface area contributed by atoms with Gasteiger partial charge < -0.3 is 24.5 Å². The second kappa shape index (κ2) is 9.43. The van der Waals surface area contributed by atoms with Crippen LogP contribution < -0.4 is 9.97 Å². The predicted molar refractivity (Wildman–Crippen MR) is 101 cm³/mol. The number of carbonyl (C=O) groups is 3. The molecule has 1 aromatic carbocycles. The molecule has 0 aliphatic carbocycles. The first-order valence-corrected chi connectivity index (χ1v) is 9.10. The SMILES string of the molecule is CC(C)(C)C(=O)OCOC(=O)c1cccc2c1OB(O)[C@@H](NC(=O)CCC#N)C2. The molecule has 9 nitrogen and oxygen atoms in total. The van der Waals surface area contributed by atoms with Gasteiger partial charge in [-0.2, -0.15) is 5.26 Å². The summed E-state index contributed by atoms with van der Waals surface area (Å²) < 4.78 is 15.4. The number of amides is 1. The number of ether oxygens (including phenoxy) is 2. The number of hydrogen-bond donors (Lipinski definition) is 2. The number of nitrogens with zero attached hydrogens (tertiary/aromatic N) is 1. The van der Waals surface area contributed by atoms with E-state index in [0.29, 0.717) is 5.56 Å². The smallest absolute Gasteiger partial charge is 0.534 e. The zero-order chi connectivity index (χ0) is 21.6. The largest absolute Gasteiger partial charge is 0.547 e. The van der Waals surface area contributed by atoms with Crippen molar-refractivity contribution < 1.29 is 33.5 Å². The number of carbonyl (C=O) groups excluding carboxylic acids is 3. The molecule has 0 saturated carbocycles. The Morgan fingerprint density at radius 1 is 1.34 bits per heavy atom. The zero-order valence-electron chi connectivity index (χ0n) is 16.6. The maximum absolute atomic E-state index is 12.4. The molecule has 1 aliphatic rings. The molecule has 0 spiro atoms. The second-order valence-corrected chi connectivity index (χ2v) is 7.57. The van der Waals surface area contributed by atoms with Gasteiger partial charge in [0.1, 0.15) is 11.3 Å². The summed E-state index contributed by atoms with van der Waals surface area (Å²) in [6.45, 7) is 4.49. The Hall–Kier alpha value is -3.06. The van der Waals surface area contributed by atoms with E-state index in [-0.39, 0.29) is 36.5 Å². The molecule has 1 amide bonds. The fourth-order valence-corrected chi connectivity index (χ4v) is 2.59. The lowest BCUT2D eigenvalue weighted by molar-refractivity contribution is -0.161. The van der Waals surface area contributed by atoms with Gasteiger partial charge in [0.2, 0.25) is 12.7 Å². The highest BCUT2D eigenvalue weighted by Gasteiger charge is 2.37. The predicted octanol–water partition coefficient (Wildman–Crippen LogP) is 1.13. The van der Waals surface area contributed by atoms with Crippen LogP contribution in [-0.2, 0) is 25.5 Å². The minimum absolute atomic E-state index is 0.0201. The molecule has 0 bridgehead atoms. The first kappa shape index (κ1) is 22.2. The van der Waals surface area contributed by atoms with Crippen molar-refractivity contribution in [2.75, 3.05) is 6.79 Å². The van der Waals surface area contributed by atoms with Gasteiger partial charge in [0.15, 0.2) is 0 Å². The molecule has 29 heavy (non-hydrogen) atoms. The number of fused-ring (bicyclic) bond motifs is 1. The third-order valence-corrected chi connectivity index (χ3v) is 4.14. The minimum atomic E-state index is -1.37. The lowest BCUT2D eigenvalue weighted by atomic mass is 9.72. The normalized spacial score (nSPS) is 15.4. The van der Waals surface area contributed by atoms with Crippen LogP contribution in [0.2, 0.25) is 0 Å². The van der Waals surface area contributed by atoms with Gasteiger partial charge in [0.25, 0.3) is 0 Å². The standard InChI is InChI=1S/C19H23BN2O7/c1-19(2,3)18(25)28-11-27-17(24)13-7-4-6-12-10-14(20(26)29-16(12)13)22-15(23)8-5-9-21/h4,6-7,14,26H,5,8,10-11H2,1-3H3,(H,22,23)/t14-/m0/s1. The van der Waals surface area contributed by atoms with Crippen LogP contribution in [0.4, 0.5) is 0 Å². The highest BCUT2D eigenvalue weighted by molar-refractivity contribution is 6.47. The van der Waals surface area contributed by atoms with E-state index in [0.717, 1.165) is 0 Å². The van der Waals surface area contributed by atoms with Crippen molar-refractivity contribution in [3.8, 4) is 11.8 Å². The average Bonchev–Trinajstić information content (AvgIpc) is 2.65. The summed E-state index contributed by atoms with van der Waals surface area (Å²) >= 11 is 0. The molecule has 0 radical (unpaired) electrons. The minimum Gasteiger partial charge on any atom is -0.534 e. The van der Waals surface area contributed by atoms with Crippen molar-refractivity contribution in [1.29, 1.82) is 5.26 Å². The molecule has 1 aliphatic heterocycles. The van der Waals surface area contributed by atoms with E-state index in [9.17, 15) is 19.4 Å². The lowest BCUT2D eigenvalue weighted by Crippen LogP contribution is -2.53. The van der Waals surface area contributed by atoms with Crippen molar-refractivity contribution in [2.24, 2.45) is 5.41 Å². The summed E-state index contributed by atoms with van der Waals surface area (Å²) in [5.41, 5.74) is -0.0530. The number of hydrogen-bond acceptors (Lipinski definition) is 8. The Morgan fingerprint density at radius 2 is 2.07 bits per heavy atom. The van der Waals surface area contributed by atoms with Crippen LogP contribution in [0, 0.1) is 16.7 Å². The number of nitrogens with one attached hydrogen (secondary N) is 1. The monoisotopic (exact) mass is 402 g/mol. The Balaban J connectivity index is 2.03. The average molecular weight is 402 g/mol. The van der Waals surface area contributed by atoms with E-state index in [2.05, 4.69) is 5.32 Å². The maximum Gasteiger partial charge on any atom is 0.547 e. The first-order chi connectivity index (χ1) is 13.6. The summed E-state index contributed by atoms with van der Waals surface area (Å²) in [5, 5.41) is 21.4. The second-order valence-electron chi connectivity index (χ2n) is 7.57. The molecule has 0 fully saturated rings. The van der Waals surface area contributed by atoms with Gasteiger partial charge in [-0.1, -0.05) is 12.1 Å². The van der Waals surface area contributed by atoms with Crippen molar-refractivity contribution >= 4 is 25.0 Å². The molecule has 1 heterocycles. The summed E-state index contributed by atoms with van der Waals surface area (Å²) in [7, 11) is -1.37. The number of benzene rings is 1. The van der Waals surface area contributed by atoms with Gasteiger partial charge in [0.05, 0.1) is 17.4 Å². The van der Waals surface area contributed by atoms with Gasteiger partial charge in [-0.3, -0.25) is 9.59 Å². The van der Waals surface area contributed by atoms with Crippen LogP contribution >= 0.6 is 0 Å². The highest BCUT2D eigenvalue weighted by atomic mass is 16.7. The van der Waals surface area contributed by atoms with E-state index in [1.807, 2.05) is 6.07 Å². The maximum atomic E-state index is 12.4. The van der Waals surface area contributed by atoms with Gasteiger partial charge in [-0.05, 0) is 38.8 Å². The van der Waals surface area contributed by atoms with Crippen LogP contribution in [-0.4, -0.2) is 42.7 Å². The van der Waals surface area contributed by atoms with Crippen molar-refractivity contribution in [3.63, 3.8) is 0 Å². The summed E-state index contributed by atoms with van der Waals surface area (Å²) in [6.07, 6.45) is 0.322. The number of para-hydroxylation sites is 1. The molecule has 0 saturated heterocycles. The van der Waals surface area contributed by atoms with E-state index in [1.54, 1.807) is 32.9 Å². The lowest BCUT2D eigenvalue weighted by Gasteiger charge is -2.29. The van der Waals surface area contributed by atoms with Gasteiger partial charge >= 0.3 is 19.1 Å². The number of rotatable bonds is 6. The van der Waals surface area contributed by atoms with Crippen LogP contribution in [0.15, 0.2) is 18.2 Å². The molecule has 10 heteroatoms. The van der Waals surface area contributed by atoms with Crippen molar-refractivity contribution in [2.45, 2.75) is 46.0 Å². The molecular formula is C19H23BN2O7. The summed E-state index contributed by atoms with van der Waals surface area (Å²) in [5.74, 6) is -2.23. The quantitative estimate of drug-likeness (QED) is 0.411. The van der Waals surface area contributed by atoms with Gasteiger partial charge in [-0.15, -0.1) is 0 Å². The molecule has 0 unspecified atom stereocenters. The third kappa shape index (κ3) is 5.96. The van der Waals surface area contributed by atoms with Crippen molar-refractivity contribution in [3.05, 3.63) is 29.3 Å². The molecule has 0 aromatic heterocycles. The molecule has 1 atom stereocenters.